The fraction of sp³-hybridized carbons (Fsp3) is 0. The summed E-state index contributed by atoms with van der Waals surface area (Å²) in [4.78, 5) is 7.65. The van der Waals surface area contributed by atoms with Crippen molar-refractivity contribution in [3.05, 3.63) is 218 Å². The molecule has 3 aromatic heterocycles. The van der Waals surface area contributed by atoms with Gasteiger partial charge in [0.15, 0.2) is 0 Å². The van der Waals surface area contributed by atoms with E-state index in [-0.39, 0.29) is 49.4 Å². The summed E-state index contributed by atoms with van der Waals surface area (Å²) >= 11 is 0.341. The maximum absolute atomic E-state index is 10.1. The van der Waals surface area contributed by atoms with Crippen molar-refractivity contribution in [2.45, 2.75) is 0 Å². The van der Waals surface area contributed by atoms with Gasteiger partial charge in [0.25, 0.3) is 0 Å². The first kappa shape index (κ1) is 16.4. The van der Waals surface area contributed by atoms with Crippen molar-refractivity contribution in [3.8, 4) is 65.5 Å². The third-order valence-electron chi connectivity index (χ3n) is 10.0. The summed E-state index contributed by atoms with van der Waals surface area (Å²) in [6.07, 6.45) is -0.656. The molecule has 3 heteroatoms. The van der Waals surface area contributed by atoms with Crippen molar-refractivity contribution in [1.29, 1.82) is 0 Å². The topological polar surface area (TPSA) is 25.8 Å². The number of aromatic nitrogens is 2. The lowest BCUT2D eigenvalue weighted by Crippen LogP contribution is -1.91. The van der Waals surface area contributed by atoms with Crippen LogP contribution in [0, 0.1) is 0 Å². The summed E-state index contributed by atoms with van der Waals surface area (Å²) in [6.45, 7) is 0. The molecule has 0 spiro atoms. The van der Waals surface area contributed by atoms with Crippen molar-refractivity contribution in [3.63, 3.8) is 0 Å². The molecule has 0 aliphatic rings. The van der Waals surface area contributed by atoms with Gasteiger partial charge in [0.1, 0.15) is 0 Å². The predicted octanol–water partition coefficient (Wildman–Crippen LogP) is 16.3. The van der Waals surface area contributed by atoms with Gasteiger partial charge >= 0.3 is 0 Å². The van der Waals surface area contributed by atoms with Crippen LogP contribution in [0.25, 0.3) is 120 Å². The van der Waals surface area contributed by atoms with E-state index in [1.54, 1.807) is 18.2 Å². The van der Waals surface area contributed by atoms with Gasteiger partial charge in [-0.05, 0) is 78.3 Å². The Hall–Kier alpha value is -7.72. The number of thiophene rings is 1. The molecule has 12 aromatic rings. The average Bonchev–Trinajstić information content (AvgIpc) is 1.69. The fourth-order valence-corrected chi connectivity index (χ4v) is 8.65. The minimum atomic E-state index is -1.03. The van der Waals surface area contributed by atoms with Crippen molar-refractivity contribution in [1.82, 2.24) is 9.97 Å². The van der Waals surface area contributed by atoms with E-state index in [2.05, 4.69) is 9.97 Å². The van der Waals surface area contributed by atoms with Crippen LogP contribution in [0.4, 0.5) is 0 Å². The second-order valence-electron chi connectivity index (χ2n) is 13.3. The zero-order valence-corrected chi connectivity index (χ0v) is 31.6. The van der Waals surface area contributed by atoms with E-state index < -0.39 is 252 Å². The van der Waals surface area contributed by atoms with Crippen LogP contribution in [0.15, 0.2) is 218 Å². The Morgan fingerprint density at radius 1 is 0.377 bits per heavy atom. The number of rotatable bonds is 6. The van der Waals surface area contributed by atoms with Gasteiger partial charge < -0.3 is 0 Å². The van der Waals surface area contributed by atoms with Crippen LogP contribution >= 0.6 is 11.3 Å². The number of pyridine rings is 2. The Balaban J connectivity index is 1.24. The van der Waals surface area contributed by atoms with Gasteiger partial charge in [-0.1, -0.05) is 194 Å². The first-order valence-electron chi connectivity index (χ1n) is 33.3. The molecule has 0 N–H and O–H groups in total. The van der Waals surface area contributed by atoms with Crippen molar-refractivity contribution >= 4 is 65.5 Å². The lowest BCUT2D eigenvalue weighted by molar-refractivity contribution is 1.37. The van der Waals surface area contributed by atoms with Crippen LogP contribution in [0.2, 0.25) is 0 Å². The lowest BCUT2D eigenvalue weighted by atomic mass is 9.88. The van der Waals surface area contributed by atoms with Gasteiger partial charge in [0, 0.05) is 49.0 Å². The maximum Gasteiger partial charge on any atom is 0.0972 e. The van der Waals surface area contributed by atoms with E-state index in [0.29, 0.717) is 11.3 Å². The van der Waals surface area contributed by atoms with Crippen LogP contribution in [0.5, 0.6) is 0 Å². The highest BCUT2D eigenvalue weighted by molar-refractivity contribution is 7.20. The molecule has 0 saturated carbocycles. The van der Waals surface area contributed by atoms with E-state index >= 15 is 0 Å². The van der Waals surface area contributed by atoms with E-state index in [4.69, 9.17) is 24.7 Å². The van der Waals surface area contributed by atoms with Crippen LogP contribution in [0.3, 0.4) is 0 Å². The van der Waals surface area contributed by atoms with Crippen LogP contribution in [-0.2, 0) is 0 Å². The number of hydrogen-bond donors (Lipinski definition) is 0. The molecule has 0 fully saturated rings. The summed E-state index contributed by atoms with van der Waals surface area (Å²) in [5.41, 5.74) is -5.44. The Bertz CT molecular complexity index is 5340. The number of fused-ring (bicyclic) bond motifs is 7. The van der Waals surface area contributed by atoms with E-state index in [1.165, 1.54) is 18.2 Å². The number of nitrogens with zero attached hydrogens (tertiary/aromatic N) is 2. The standard InChI is InChI=1S/C58H36N2S/c1-3-14-38(15-4-1)54-53(57(42-16-5-2-6-17-42)61-58(54)51-36-43-18-7-8-20-44(43)46-21-10-12-24-49(46)51)39-27-25-37(26-28-39)45-32-33-50(48-23-11-9-22-47(45)48)52-34-31-41-30-29-40-19-13-35-59-55(40)56(41)60-52/h1-36H/i1D,2D,3D,4D,5D,6D,7D,8D,10D,12D,13D,14D,15D,16D,17D,18D,19D,20D,21D,24D,25D,26D,27D,28D,29D,30D,31D,34D,35D,36D. The largest absolute Gasteiger partial charge is 0.254 e. The molecule has 0 aliphatic carbocycles. The van der Waals surface area contributed by atoms with Crippen LogP contribution < -0.4 is 0 Å². The summed E-state index contributed by atoms with van der Waals surface area (Å²) in [7, 11) is 0. The highest BCUT2D eigenvalue weighted by atomic mass is 32.1. The molecule has 61 heavy (non-hydrogen) atoms. The van der Waals surface area contributed by atoms with Crippen molar-refractivity contribution in [2.75, 3.05) is 0 Å². The molecule has 0 saturated heterocycles. The molecule has 3 heterocycles. The van der Waals surface area contributed by atoms with Crippen molar-refractivity contribution in [2.24, 2.45) is 0 Å². The molecule has 0 amide bonds. The van der Waals surface area contributed by atoms with E-state index in [0.717, 1.165) is 0 Å². The van der Waals surface area contributed by atoms with Gasteiger partial charge in [-0.3, -0.25) is 4.98 Å². The molecular weight excluding hydrogens is 757 g/mol. The zero-order chi connectivity index (χ0) is 66.4. The molecular formula is C58H36N2S. The second kappa shape index (κ2) is 14.5. The number of benzene rings is 9. The van der Waals surface area contributed by atoms with Gasteiger partial charge in [0.05, 0.1) is 57.9 Å². The minimum Gasteiger partial charge on any atom is -0.254 e. The second-order valence-corrected chi connectivity index (χ2v) is 14.4. The van der Waals surface area contributed by atoms with Crippen molar-refractivity contribution < 1.29 is 41.1 Å². The monoisotopic (exact) mass is 822 g/mol. The average molecular weight is 823 g/mol. The van der Waals surface area contributed by atoms with Gasteiger partial charge in [-0.25, -0.2) is 4.98 Å². The lowest BCUT2D eigenvalue weighted by Gasteiger charge is -2.15. The summed E-state index contributed by atoms with van der Waals surface area (Å²) in [5.74, 6) is 0. The zero-order valence-electron chi connectivity index (χ0n) is 60.8. The molecule has 12 rings (SSSR count). The summed E-state index contributed by atoms with van der Waals surface area (Å²) in [5, 5.41) is -2.60. The molecule has 0 atom stereocenters. The van der Waals surface area contributed by atoms with Crippen LogP contribution in [-0.4, -0.2) is 9.97 Å². The smallest absolute Gasteiger partial charge is 0.0972 e. The Kier molecular flexibility index (Phi) is 3.90. The number of hydrogen-bond acceptors (Lipinski definition) is 3. The molecule has 0 unspecified atom stereocenters. The van der Waals surface area contributed by atoms with Crippen LogP contribution in [0.1, 0.15) is 41.1 Å². The quantitative estimate of drug-likeness (QED) is 0.156. The molecule has 0 bridgehead atoms. The maximum atomic E-state index is 10.1. The summed E-state index contributed by atoms with van der Waals surface area (Å²) < 4.78 is 273. The van der Waals surface area contributed by atoms with E-state index in [1.807, 2.05) is 0 Å². The molecule has 9 aromatic carbocycles. The van der Waals surface area contributed by atoms with Gasteiger partial charge in [0.2, 0.25) is 0 Å². The minimum absolute atomic E-state index is 0.00994. The highest BCUT2D eigenvalue weighted by Crippen LogP contribution is 2.54. The molecule has 284 valence electrons. The first-order chi connectivity index (χ1) is 42.7. The Morgan fingerprint density at radius 2 is 0.951 bits per heavy atom. The SMILES string of the molecule is [2H]c1nc2c(c([2H])c1[2H])c([2H])c([2H])c1c([2H])c([2H])c(-c3ccc(-c4c([2H])c([2H])c(-c5c(-c6c([2H])c([2H])c([2H])c([2H])c6[2H])sc(-c6c([2H])c7c([2H])c([2H])c([2H])c([2H])c7c7c([2H])c([2H])c([2H])c([2H])c67)c5-c5c([2H])c([2H])c([2H])c([2H])c5[2H])c([2H])c4[2H])c4ccccc34)nc12. The molecule has 2 nitrogen and oxygen atoms in total. The Labute approximate surface area is 399 Å². The summed E-state index contributed by atoms with van der Waals surface area (Å²) in [6, 6.07) is -15.9. The fourth-order valence-electron chi connectivity index (χ4n) is 7.38. The predicted molar refractivity (Wildman–Crippen MR) is 260 cm³/mol. The normalized spacial score (nSPS) is 18.5. The highest BCUT2D eigenvalue weighted by Gasteiger charge is 2.25. The van der Waals surface area contributed by atoms with E-state index in [9.17, 15) is 16.4 Å². The Morgan fingerprint density at radius 3 is 1.74 bits per heavy atom. The third-order valence-corrected chi connectivity index (χ3v) is 11.2. The molecule has 0 aliphatic heterocycles. The van der Waals surface area contributed by atoms with Gasteiger partial charge in [-0.15, -0.1) is 11.3 Å². The molecule has 0 radical (unpaired) electrons. The van der Waals surface area contributed by atoms with Gasteiger partial charge in [-0.2, -0.15) is 0 Å². The first-order valence-corrected chi connectivity index (χ1v) is 19.1. The third kappa shape index (κ3) is 5.93.